The van der Waals surface area contributed by atoms with Crippen LogP contribution in [0.1, 0.15) is 22.2 Å². The van der Waals surface area contributed by atoms with Crippen molar-refractivity contribution in [3.8, 4) is 11.1 Å². The number of hydrogen-bond acceptors (Lipinski definition) is 2. The van der Waals surface area contributed by atoms with Crippen molar-refractivity contribution in [2.24, 2.45) is 0 Å². The molecule has 1 aromatic carbocycles. The lowest BCUT2D eigenvalue weighted by molar-refractivity contribution is 0.104. The molecule has 0 fully saturated rings. The molecule has 5 heteroatoms. The molecule has 3 rings (SSSR count). The zero-order valence-corrected chi connectivity index (χ0v) is 14.2. The Kier molecular flexibility index (Phi) is 4.39. The van der Waals surface area contributed by atoms with E-state index >= 15 is 0 Å². The van der Waals surface area contributed by atoms with E-state index in [1.54, 1.807) is 12.1 Å². The molecule has 0 bridgehead atoms. The van der Waals surface area contributed by atoms with Gasteiger partial charge in [-0.25, -0.2) is 0 Å². The minimum absolute atomic E-state index is 0.00551. The van der Waals surface area contributed by atoms with E-state index in [1.807, 2.05) is 48.1 Å². The van der Waals surface area contributed by atoms with Crippen LogP contribution in [0.4, 0.5) is 0 Å². The second-order valence-corrected chi connectivity index (χ2v) is 7.01. The van der Waals surface area contributed by atoms with Crippen LogP contribution in [0.3, 0.4) is 0 Å². The fourth-order valence-electron chi connectivity index (χ4n) is 2.30. The zero-order chi connectivity index (χ0) is 15.7. The quantitative estimate of drug-likeness (QED) is 0.547. The largest absolute Gasteiger partial charge is 0.353 e. The number of carbonyl (C=O) groups is 1. The van der Waals surface area contributed by atoms with Crippen molar-refractivity contribution in [3.05, 3.63) is 68.6 Å². The lowest BCUT2D eigenvalue weighted by Gasteiger charge is -2.02. The summed E-state index contributed by atoms with van der Waals surface area (Å²) < 4.78 is 2.62. The van der Waals surface area contributed by atoms with Gasteiger partial charge in [0.05, 0.1) is 9.21 Å². The number of nitrogens with zero attached hydrogens (tertiary/aromatic N) is 1. The molecule has 0 spiro atoms. The molecule has 0 aliphatic carbocycles. The number of benzene rings is 1. The van der Waals surface area contributed by atoms with Gasteiger partial charge >= 0.3 is 0 Å². The lowest BCUT2D eigenvalue weighted by Crippen LogP contribution is -1.99. The van der Waals surface area contributed by atoms with E-state index in [0.29, 0.717) is 19.8 Å². The number of hydrogen-bond donors (Lipinski definition) is 0. The van der Waals surface area contributed by atoms with Gasteiger partial charge < -0.3 is 4.57 Å². The molecule has 2 aromatic heterocycles. The predicted octanol–water partition coefficient (Wildman–Crippen LogP) is 5.77. The average Bonchev–Trinajstić information content (AvgIpc) is 3.13. The first-order valence-corrected chi connectivity index (χ1v) is 8.41. The molecule has 0 radical (unpaired) electrons. The second-order valence-electron chi connectivity index (χ2n) is 4.86. The van der Waals surface area contributed by atoms with Gasteiger partial charge in [-0.05, 0) is 36.8 Å². The Hall–Kier alpha value is -1.55. The van der Waals surface area contributed by atoms with Crippen molar-refractivity contribution in [1.82, 2.24) is 4.57 Å². The van der Waals surface area contributed by atoms with Gasteiger partial charge in [0.15, 0.2) is 0 Å². The van der Waals surface area contributed by atoms with Crippen molar-refractivity contribution < 1.29 is 4.79 Å². The van der Waals surface area contributed by atoms with Crippen LogP contribution in [0.2, 0.25) is 9.36 Å². The van der Waals surface area contributed by atoms with Gasteiger partial charge in [-0.1, -0.05) is 35.3 Å². The van der Waals surface area contributed by atoms with E-state index in [-0.39, 0.29) is 5.78 Å². The van der Waals surface area contributed by atoms with E-state index in [1.165, 1.54) is 11.3 Å². The van der Waals surface area contributed by atoms with Crippen molar-refractivity contribution in [2.75, 3.05) is 0 Å². The van der Waals surface area contributed by atoms with E-state index in [2.05, 4.69) is 0 Å². The normalized spacial score (nSPS) is 10.9. The summed E-state index contributed by atoms with van der Waals surface area (Å²) in [7, 11) is 0. The maximum atomic E-state index is 12.8. The molecule has 0 saturated heterocycles. The first-order chi connectivity index (χ1) is 10.6. The van der Waals surface area contributed by atoms with Gasteiger partial charge in [0, 0.05) is 35.1 Å². The predicted molar refractivity (Wildman–Crippen MR) is 93.3 cm³/mol. The van der Waals surface area contributed by atoms with Crippen LogP contribution in [0.15, 0.2) is 48.8 Å². The average molecular weight is 350 g/mol. The van der Waals surface area contributed by atoms with Crippen LogP contribution in [-0.4, -0.2) is 10.4 Å². The van der Waals surface area contributed by atoms with Crippen LogP contribution >= 0.6 is 34.5 Å². The Morgan fingerprint density at radius 2 is 1.82 bits per heavy atom. The van der Waals surface area contributed by atoms with E-state index in [4.69, 9.17) is 23.2 Å². The van der Waals surface area contributed by atoms with Gasteiger partial charge in [0.2, 0.25) is 5.78 Å². The third kappa shape index (κ3) is 2.98. The fourth-order valence-corrected chi connectivity index (χ4v) is 3.42. The number of thiophene rings is 1. The van der Waals surface area contributed by atoms with Gasteiger partial charge in [0.25, 0.3) is 0 Å². The highest BCUT2D eigenvalue weighted by Crippen LogP contribution is 2.31. The molecule has 2 nitrogen and oxygen atoms in total. The summed E-state index contributed by atoms with van der Waals surface area (Å²) in [5.41, 5.74) is 2.57. The highest BCUT2D eigenvalue weighted by molar-refractivity contribution is 7.18. The molecular weight excluding hydrogens is 337 g/mol. The molecular formula is C17H13Cl2NOS. The minimum atomic E-state index is -0.00551. The van der Waals surface area contributed by atoms with Crippen molar-refractivity contribution in [2.45, 2.75) is 13.5 Å². The molecule has 0 saturated carbocycles. The van der Waals surface area contributed by atoms with Gasteiger partial charge in [-0.3, -0.25) is 4.79 Å². The number of halogens is 2. The Morgan fingerprint density at radius 3 is 2.41 bits per heavy atom. The standard InChI is InChI=1S/C17H13Cl2NOS/c1-2-20-9-13(11-3-5-12(18)6-4-11)14(10-20)17(21)15-7-8-16(19)22-15/h3-10H,2H2,1H3. The number of rotatable bonds is 4. The highest BCUT2D eigenvalue weighted by Gasteiger charge is 2.19. The molecule has 0 unspecified atom stereocenters. The first kappa shape index (κ1) is 15.3. The Morgan fingerprint density at radius 1 is 1.09 bits per heavy atom. The summed E-state index contributed by atoms with van der Waals surface area (Å²) in [6.07, 6.45) is 3.88. The summed E-state index contributed by atoms with van der Waals surface area (Å²) in [5.74, 6) is -0.00551. The molecule has 22 heavy (non-hydrogen) atoms. The third-order valence-electron chi connectivity index (χ3n) is 3.44. The Balaban J connectivity index is 2.09. The maximum absolute atomic E-state index is 12.8. The molecule has 0 N–H and O–H groups in total. The summed E-state index contributed by atoms with van der Waals surface area (Å²) in [5, 5.41) is 0.677. The van der Waals surface area contributed by atoms with Gasteiger partial charge in [-0.2, -0.15) is 0 Å². The summed E-state index contributed by atoms with van der Waals surface area (Å²) in [4.78, 5) is 13.4. The van der Waals surface area contributed by atoms with Crippen LogP contribution < -0.4 is 0 Å². The molecule has 0 aliphatic heterocycles. The van der Waals surface area contributed by atoms with Crippen LogP contribution in [0.25, 0.3) is 11.1 Å². The van der Waals surface area contributed by atoms with E-state index in [9.17, 15) is 4.79 Å². The van der Waals surface area contributed by atoms with Crippen molar-refractivity contribution >= 4 is 40.3 Å². The van der Waals surface area contributed by atoms with E-state index < -0.39 is 0 Å². The summed E-state index contributed by atoms with van der Waals surface area (Å²) >= 11 is 13.2. The maximum Gasteiger partial charge on any atom is 0.205 e. The number of ketones is 1. The third-order valence-corrected chi connectivity index (χ3v) is 4.92. The molecule has 3 aromatic rings. The monoisotopic (exact) mass is 349 g/mol. The number of aromatic nitrogens is 1. The smallest absolute Gasteiger partial charge is 0.205 e. The summed E-state index contributed by atoms with van der Waals surface area (Å²) in [6, 6.07) is 11.0. The van der Waals surface area contributed by atoms with Crippen LogP contribution in [-0.2, 0) is 6.54 Å². The van der Waals surface area contributed by atoms with Crippen LogP contribution in [0.5, 0.6) is 0 Å². The summed E-state index contributed by atoms with van der Waals surface area (Å²) in [6.45, 7) is 2.85. The topological polar surface area (TPSA) is 22.0 Å². The van der Waals surface area contributed by atoms with E-state index in [0.717, 1.165) is 17.7 Å². The first-order valence-electron chi connectivity index (χ1n) is 6.84. The lowest BCUT2D eigenvalue weighted by atomic mass is 10.0. The van der Waals surface area contributed by atoms with Crippen molar-refractivity contribution in [3.63, 3.8) is 0 Å². The van der Waals surface area contributed by atoms with Gasteiger partial charge in [-0.15, -0.1) is 11.3 Å². The fraction of sp³-hybridized carbons (Fsp3) is 0.118. The molecule has 0 aliphatic rings. The van der Waals surface area contributed by atoms with Crippen molar-refractivity contribution in [1.29, 1.82) is 0 Å². The molecule has 2 heterocycles. The number of aryl methyl sites for hydroxylation is 1. The molecule has 0 atom stereocenters. The Labute approximate surface area is 142 Å². The van der Waals surface area contributed by atoms with Crippen LogP contribution in [0, 0.1) is 0 Å². The number of carbonyl (C=O) groups excluding carboxylic acids is 1. The molecule has 112 valence electrons. The minimum Gasteiger partial charge on any atom is -0.353 e. The van der Waals surface area contributed by atoms with Gasteiger partial charge in [0.1, 0.15) is 0 Å². The Bertz CT molecular complexity index is 818. The molecule has 0 amide bonds. The zero-order valence-electron chi connectivity index (χ0n) is 11.8. The SMILES string of the molecule is CCn1cc(C(=O)c2ccc(Cl)s2)c(-c2ccc(Cl)cc2)c1. The second kappa shape index (κ2) is 6.29. The highest BCUT2D eigenvalue weighted by atomic mass is 35.5.